The monoisotopic (exact) mass is 532 g/mol. The lowest BCUT2D eigenvalue weighted by Crippen LogP contribution is -2.55. The number of carbonyl (C=O) groups excluding carboxylic acids is 3. The van der Waals surface area contributed by atoms with Gasteiger partial charge in [-0.15, -0.1) is 11.3 Å². The molecule has 0 radical (unpaired) electrons. The van der Waals surface area contributed by atoms with Gasteiger partial charge in [-0.25, -0.2) is 4.98 Å². The van der Waals surface area contributed by atoms with Crippen LogP contribution in [0, 0.1) is 12.8 Å². The first-order chi connectivity index (χ1) is 18.3. The van der Waals surface area contributed by atoms with E-state index in [4.69, 9.17) is 0 Å². The number of aryl methyl sites for hydroxylation is 1. The van der Waals surface area contributed by atoms with Gasteiger partial charge in [0.15, 0.2) is 0 Å². The first-order valence-electron chi connectivity index (χ1n) is 13.1. The van der Waals surface area contributed by atoms with Crippen molar-refractivity contribution in [2.45, 2.75) is 59.2 Å². The van der Waals surface area contributed by atoms with Crippen molar-refractivity contribution in [1.29, 1.82) is 0 Å². The molecule has 3 heterocycles. The van der Waals surface area contributed by atoms with Crippen LogP contribution in [-0.4, -0.2) is 57.7 Å². The molecule has 0 saturated carbocycles. The molecule has 1 fully saturated rings. The van der Waals surface area contributed by atoms with Gasteiger partial charge in [0.05, 0.1) is 16.1 Å². The molecule has 38 heavy (non-hydrogen) atoms. The number of carbonyl (C=O) groups is 3. The van der Waals surface area contributed by atoms with E-state index in [1.165, 1.54) is 0 Å². The largest absolute Gasteiger partial charge is 0.350 e. The van der Waals surface area contributed by atoms with Crippen molar-refractivity contribution < 1.29 is 14.4 Å². The molecule has 4 rings (SSSR count). The van der Waals surface area contributed by atoms with Crippen molar-refractivity contribution in [3.05, 3.63) is 77.0 Å². The Bertz CT molecular complexity index is 1270. The third-order valence-corrected chi connectivity index (χ3v) is 8.21. The summed E-state index contributed by atoms with van der Waals surface area (Å²) in [4.78, 5) is 49.0. The molecule has 2 atom stereocenters. The summed E-state index contributed by atoms with van der Waals surface area (Å²) in [6.45, 7) is 12.8. The molecule has 0 aliphatic carbocycles. The highest BCUT2D eigenvalue weighted by molar-refractivity contribution is 7.13. The van der Waals surface area contributed by atoms with Crippen LogP contribution < -0.4 is 5.32 Å². The van der Waals surface area contributed by atoms with Gasteiger partial charge in [0.25, 0.3) is 5.91 Å². The van der Waals surface area contributed by atoms with Gasteiger partial charge >= 0.3 is 0 Å². The number of hydrogen-bond donors (Lipinski definition) is 1. The number of benzene rings is 1. The third kappa shape index (κ3) is 5.50. The molecule has 8 heteroatoms. The highest BCUT2D eigenvalue weighted by Gasteiger charge is 2.43. The van der Waals surface area contributed by atoms with E-state index in [9.17, 15) is 14.4 Å². The molecule has 1 N–H and O–H groups in total. The van der Waals surface area contributed by atoms with E-state index in [-0.39, 0.29) is 23.6 Å². The van der Waals surface area contributed by atoms with E-state index in [2.05, 4.69) is 16.9 Å². The van der Waals surface area contributed by atoms with E-state index in [0.29, 0.717) is 31.6 Å². The average molecular weight is 533 g/mol. The Hall–Kier alpha value is -3.52. The summed E-state index contributed by atoms with van der Waals surface area (Å²) in [6.07, 6.45) is 6.71. The number of aromatic nitrogens is 1. The quantitative estimate of drug-likeness (QED) is 0.510. The van der Waals surface area contributed by atoms with Crippen LogP contribution in [0.3, 0.4) is 0 Å². The van der Waals surface area contributed by atoms with Gasteiger partial charge in [-0.05, 0) is 49.3 Å². The maximum absolute atomic E-state index is 13.8. The molecule has 200 valence electrons. The van der Waals surface area contributed by atoms with Crippen LogP contribution in [0.4, 0.5) is 0 Å². The minimum Gasteiger partial charge on any atom is -0.350 e. The topological polar surface area (TPSA) is 82.6 Å². The number of nitrogens with zero attached hydrogens (tertiary/aromatic N) is 3. The van der Waals surface area contributed by atoms with Gasteiger partial charge in [0, 0.05) is 25.2 Å². The highest BCUT2D eigenvalue weighted by atomic mass is 32.1. The van der Waals surface area contributed by atoms with Crippen molar-refractivity contribution in [2.24, 2.45) is 5.92 Å². The molecule has 2 aliphatic heterocycles. The van der Waals surface area contributed by atoms with E-state index in [1.54, 1.807) is 27.2 Å². The van der Waals surface area contributed by atoms with Gasteiger partial charge in [-0.3, -0.25) is 14.4 Å². The first-order valence-corrected chi connectivity index (χ1v) is 14.0. The summed E-state index contributed by atoms with van der Waals surface area (Å²) in [5.74, 6) is -0.613. The fourth-order valence-electron chi connectivity index (χ4n) is 5.33. The van der Waals surface area contributed by atoms with Crippen LogP contribution in [-0.2, 0) is 20.9 Å². The molecule has 2 aliphatic rings. The normalized spacial score (nSPS) is 18.7. The van der Waals surface area contributed by atoms with Crippen LogP contribution in [0.15, 0.2) is 65.7 Å². The van der Waals surface area contributed by atoms with E-state index in [1.807, 2.05) is 69.6 Å². The predicted molar refractivity (Wildman–Crippen MR) is 151 cm³/mol. The van der Waals surface area contributed by atoms with Gasteiger partial charge < -0.3 is 15.1 Å². The number of amides is 3. The second-order valence-electron chi connectivity index (χ2n) is 10.1. The van der Waals surface area contributed by atoms with Crippen LogP contribution in [0.2, 0.25) is 0 Å². The molecule has 7 nitrogen and oxygen atoms in total. The number of thiazole rings is 1. The Balaban J connectivity index is 1.43. The standard InChI is InChI=1S/C30H36N4O3S/c1-6-9-23-17-34(29(36)24(23)7-2)26(19(3)4)30(37)33-15-8-10-25(33)28(35)31-16-21-11-13-22(14-12-21)27-20(5)32-18-38-27/h6-7,9,11-14,18-19,25-26H,2,8,10,15-17H2,1,3-5H3,(H,31,35)/b9-6-. The van der Waals surface area contributed by atoms with Crippen LogP contribution in [0.25, 0.3) is 10.4 Å². The molecule has 1 saturated heterocycles. The lowest BCUT2D eigenvalue weighted by Gasteiger charge is -2.35. The lowest BCUT2D eigenvalue weighted by atomic mass is 10.00. The van der Waals surface area contributed by atoms with Crippen molar-refractivity contribution in [3.63, 3.8) is 0 Å². The van der Waals surface area contributed by atoms with Crippen molar-refractivity contribution >= 4 is 29.1 Å². The number of rotatable bonds is 9. The van der Waals surface area contributed by atoms with Crippen LogP contribution in [0.1, 0.15) is 44.9 Å². The third-order valence-electron chi connectivity index (χ3n) is 7.24. The molecular formula is C30H36N4O3S. The van der Waals surface area contributed by atoms with Gasteiger partial charge in [0.1, 0.15) is 12.1 Å². The fraction of sp³-hybridized carbons (Fsp3) is 0.400. The van der Waals surface area contributed by atoms with Gasteiger partial charge in [-0.1, -0.05) is 62.9 Å². The molecule has 3 amide bonds. The summed E-state index contributed by atoms with van der Waals surface area (Å²) >= 11 is 1.61. The Kier molecular flexibility index (Phi) is 8.62. The van der Waals surface area contributed by atoms with E-state index >= 15 is 0 Å². The molecular weight excluding hydrogens is 496 g/mol. The fourth-order valence-corrected chi connectivity index (χ4v) is 6.14. The first kappa shape index (κ1) is 27.5. The van der Waals surface area contributed by atoms with E-state index in [0.717, 1.165) is 33.7 Å². The summed E-state index contributed by atoms with van der Waals surface area (Å²) in [7, 11) is 0. The molecule has 2 aromatic rings. The maximum atomic E-state index is 13.8. The van der Waals surface area contributed by atoms with Gasteiger partial charge in [-0.2, -0.15) is 0 Å². The molecule has 1 aromatic heterocycles. The summed E-state index contributed by atoms with van der Waals surface area (Å²) in [6, 6.07) is 6.92. The average Bonchev–Trinajstić information content (AvgIpc) is 3.62. The summed E-state index contributed by atoms with van der Waals surface area (Å²) in [5, 5.41) is 3.02. The smallest absolute Gasteiger partial charge is 0.255 e. The number of nitrogens with one attached hydrogen (secondary N) is 1. The minimum atomic E-state index is -0.642. The predicted octanol–water partition coefficient (Wildman–Crippen LogP) is 4.65. The molecule has 0 bridgehead atoms. The van der Waals surface area contributed by atoms with E-state index < -0.39 is 12.1 Å². The lowest BCUT2D eigenvalue weighted by molar-refractivity contribution is -0.147. The number of allylic oxidation sites excluding steroid dienone is 1. The van der Waals surface area contributed by atoms with Crippen molar-refractivity contribution in [2.75, 3.05) is 13.1 Å². The zero-order chi connectivity index (χ0) is 27.4. The zero-order valence-corrected chi connectivity index (χ0v) is 23.4. The Labute approximate surface area is 228 Å². The zero-order valence-electron chi connectivity index (χ0n) is 22.6. The van der Waals surface area contributed by atoms with Crippen LogP contribution >= 0.6 is 11.3 Å². The minimum absolute atomic E-state index is 0.104. The van der Waals surface area contributed by atoms with Crippen molar-refractivity contribution in [1.82, 2.24) is 20.1 Å². The molecule has 2 unspecified atom stereocenters. The molecule has 1 aromatic carbocycles. The van der Waals surface area contributed by atoms with Crippen LogP contribution in [0.5, 0.6) is 0 Å². The second-order valence-corrected chi connectivity index (χ2v) is 11.0. The highest BCUT2D eigenvalue weighted by Crippen LogP contribution is 2.30. The Morgan fingerprint density at radius 3 is 2.61 bits per heavy atom. The Morgan fingerprint density at radius 2 is 2.00 bits per heavy atom. The number of likely N-dealkylation sites (tertiary alicyclic amines) is 1. The number of hydrogen-bond acceptors (Lipinski definition) is 5. The summed E-state index contributed by atoms with van der Waals surface area (Å²) < 4.78 is 0. The Morgan fingerprint density at radius 1 is 1.26 bits per heavy atom. The summed E-state index contributed by atoms with van der Waals surface area (Å²) in [5.41, 5.74) is 6.34. The van der Waals surface area contributed by atoms with Gasteiger partial charge in [0.2, 0.25) is 11.8 Å². The van der Waals surface area contributed by atoms with Crippen molar-refractivity contribution in [3.8, 4) is 10.4 Å². The maximum Gasteiger partial charge on any atom is 0.255 e. The second kappa shape index (κ2) is 11.9. The molecule has 0 spiro atoms. The SMILES string of the molecule is C=CC1=C(/C=C\C)CN(C(C(=O)N2CCCC2C(=O)NCc2ccc(-c3scnc3C)cc2)C(C)C)C1=O.